The first-order valence-electron chi connectivity index (χ1n) is 15.8. The van der Waals surface area contributed by atoms with E-state index < -0.39 is 0 Å². The summed E-state index contributed by atoms with van der Waals surface area (Å²) in [4.78, 5) is 14.4. The van der Waals surface area contributed by atoms with Crippen molar-refractivity contribution in [2.45, 2.75) is 71.1 Å². The minimum atomic E-state index is 0.0126. The standard InChI is InChI=1S/C37H42N4O2/c1-2-3-4-5-6-7-8-9-10-11-32-33-16-12-26(38-33)22-28-14-18-35(40-28)37(25-20-30(42)24-31(43)21-25)36-19-15-29(41-36)23-27-13-17-34(32)39-27/h12-24,38-43H,2-11H2,1H3. The van der Waals surface area contributed by atoms with Gasteiger partial charge < -0.3 is 30.1 Å². The Labute approximate surface area is 252 Å². The number of phenols is 2. The van der Waals surface area contributed by atoms with Crippen molar-refractivity contribution >= 4 is 23.3 Å². The monoisotopic (exact) mass is 574 g/mol. The summed E-state index contributed by atoms with van der Waals surface area (Å²) in [5.41, 5.74) is 6.88. The van der Waals surface area contributed by atoms with Gasteiger partial charge in [-0.3, -0.25) is 0 Å². The van der Waals surface area contributed by atoms with Gasteiger partial charge in [-0.25, -0.2) is 0 Å². The number of nitrogens with one attached hydrogen (secondary N) is 4. The van der Waals surface area contributed by atoms with Crippen LogP contribution in [-0.2, 0) is 0 Å². The van der Waals surface area contributed by atoms with E-state index in [-0.39, 0.29) is 11.5 Å². The van der Waals surface area contributed by atoms with E-state index in [0.717, 1.165) is 56.2 Å². The molecule has 5 aromatic rings. The first kappa shape index (κ1) is 28.5. The molecule has 1 aliphatic heterocycles. The predicted molar refractivity (Wildman–Crippen MR) is 175 cm³/mol. The molecule has 0 fully saturated rings. The Bertz CT molecular complexity index is 1910. The fraction of sp³-hybridized carbons (Fsp3) is 0.297. The van der Waals surface area contributed by atoms with Gasteiger partial charge in [-0.05, 0) is 96.8 Å². The average molecular weight is 575 g/mol. The number of benzene rings is 1. The second-order valence-electron chi connectivity index (χ2n) is 11.8. The Morgan fingerprint density at radius 3 is 1.77 bits per heavy atom. The number of H-pyrrole nitrogens is 4. The van der Waals surface area contributed by atoms with Crippen molar-refractivity contribution in [2.24, 2.45) is 0 Å². The van der Waals surface area contributed by atoms with Crippen LogP contribution in [0.5, 0.6) is 11.5 Å². The predicted octanol–water partition coefficient (Wildman–Crippen LogP) is 5.75. The zero-order chi connectivity index (χ0) is 29.6. The molecule has 0 radical (unpaired) electrons. The molecule has 6 N–H and O–H groups in total. The minimum Gasteiger partial charge on any atom is -0.508 e. The highest BCUT2D eigenvalue weighted by Gasteiger charge is 2.13. The lowest BCUT2D eigenvalue weighted by Gasteiger charge is -2.07. The third kappa shape index (κ3) is 6.91. The van der Waals surface area contributed by atoms with Crippen LogP contribution in [-0.4, -0.2) is 30.1 Å². The molecule has 0 amide bonds. The SMILES string of the molecule is CCCCCCCCCCCC1=c2ccc([nH]2)=Cc2ccc([nH]2)C(c2cc(O)cc(O)c2)=c2ccc([nH]2)=Cc2ccc1[nH]2. The Kier molecular flexibility index (Phi) is 8.73. The fourth-order valence-corrected chi connectivity index (χ4v) is 6.19. The van der Waals surface area contributed by atoms with Gasteiger partial charge in [0.05, 0.1) is 0 Å². The van der Waals surface area contributed by atoms with Gasteiger partial charge in [0.2, 0.25) is 0 Å². The summed E-state index contributed by atoms with van der Waals surface area (Å²) >= 11 is 0. The van der Waals surface area contributed by atoms with Crippen molar-refractivity contribution in [3.8, 4) is 11.5 Å². The van der Waals surface area contributed by atoms with Gasteiger partial charge in [0.1, 0.15) is 11.5 Å². The molecule has 6 rings (SSSR count). The molecule has 8 bridgehead atoms. The molecule has 1 aliphatic rings. The number of aromatic hydroxyl groups is 2. The molecule has 6 nitrogen and oxygen atoms in total. The van der Waals surface area contributed by atoms with Gasteiger partial charge in [0.15, 0.2) is 0 Å². The van der Waals surface area contributed by atoms with Crippen molar-refractivity contribution in [3.63, 3.8) is 0 Å². The molecule has 6 heteroatoms. The Morgan fingerprint density at radius 1 is 0.535 bits per heavy atom. The number of unbranched alkanes of at least 4 members (excludes halogenated alkanes) is 8. The normalized spacial score (nSPS) is 12.8. The van der Waals surface area contributed by atoms with Gasteiger partial charge in [0.25, 0.3) is 0 Å². The van der Waals surface area contributed by atoms with E-state index in [4.69, 9.17) is 0 Å². The van der Waals surface area contributed by atoms with Crippen molar-refractivity contribution in [3.05, 3.63) is 116 Å². The maximum Gasteiger partial charge on any atom is 0.119 e. The number of fused-ring (bicyclic) bond motifs is 8. The van der Waals surface area contributed by atoms with E-state index in [0.29, 0.717) is 5.56 Å². The molecule has 0 saturated heterocycles. The average Bonchev–Trinajstić information content (AvgIpc) is 3.80. The summed E-state index contributed by atoms with van der Waals surface area (Å²) in [6, 6.07) is 21.5. The number of rotatable bonds is 11. The summed E-state index contributed by atoms with van der Waals surface area (Å²) in [5, 5.41) is 24.5. The molecule has 222 valence electrons. The Morgan fingerprint density at radius 2 is 1.09 bits per heavy atom. The van der Waals surface area contributed by atoms with Gasteiger partial charge >= 0.3 is 0 Å². The first-order chi connectivity index (χ1) is 21.1. The smallest absolute Gasteiger partial charge is 0.119 e. The Balaban J connectivity index is 1.36. The maximum absolute atomic E-state index is 10.3. The highest BCUT2D eigenvalue weighted by molar-refractivity contribution is 5.79. The lowest BCUT2D eigenvalue weighted by atomic mass is 10.0. The van der Waals surface area contributed by atoms with E-state index in [1.54, 1.807) is 12.1 Å². The zero-order valence-corrected chi connectivity index (χ0v) is 25.0. The summed E-state index contributed by atoms with van der Waals surface area (Å²) in [5.74, 6) is 0.0252. The topological polar surface area (TPSA) is 104 Å². The van der Waals surface area contributed by atoms with E-state index in [1.165, 1.54) is 69.4 Å². The van der Waals surface area contributed by atoms with Crippen LogP contribution >= 0.6 is 0 Å². The summed E-state index contributed by atoms with van der Waals surface area (Å²) in [6.07, 6.45) is 17.1. The Hall–Kier alpha value is -4.58. The van der Waals surface area contributed by atoms with Crippen LogP contribution in [0.4, 0.5) is 0 Å². The molecule has 0 unspecified atom stereocenters. The zero-order valence-electron chi connectivity index (χ0n) is 25.0. The van der Waals surface area contributed by atoms with Gasteiger partial charge in [-0.1, -0.05) is 58.3 Å². The first-order valence-corrected chi connectivity index (χ1v) is 15.8. The van der Waals surface area contributed by atoms with Crippen LogP contribution < -0.4 is 21.4 Å². The molecule has 43 heavy (non-hydrogen) atoms. The highest BCUT2D eigenvalue weighted by atomic mass is 16.3. The molecular formula is C37H42N4O2. The summed E-state index contributed by atoms with van der Waals surface area (Å²) in [7, 11) is 0. The lowest BCUT2D eigenvalue weighted by molar-refractivity contribution is 0.450. The van der Waals surface area contributed by atoms with Crippen LogP contribution in [0.1, 0.15) is 99.5 Å². The number of phenolic OH excluding ortho intramolecular Hbond substituents is 2. The van der Waals surface area contributed by atoms with E-state index in [9.17, 15) is 10.2 Å². The number of aromatic nitrogens is 4. The second-order valence-corrected chi connectivity index (χ2v) is 11.8. The molecular weight excluding hydrogens is 532 g/mol. The van der Waals surface area contributed by atoms with Gasteiger partial charge in [0, 0.05) is 55.8 Å². The highest BCUT2D eigenvalue weighted by Crippen LogP contribution is 2.28. The molecule has 0 atom stereocenters. The van der Waals surface area contributed by atoms with E-state index >= 15 is 0 Å². The number of hydrogen-bond donors (Lipinski definition) is 6. The van der Waals surface area contributed by atoms with Crippen LogP contribution in [0.25, 0.3) is 23.3 Å². The van der Waals surface area contributed by atoms with Crippen LogP contribution in [0, 0.1) is 0 Å². The third-order valence-electron chi connectivity index (χ3n) is 8.37. The number of aromatic amines is 4. The summed E-state index contributed by atoms with van der Waals surface area (Å²) < 4.78 is 0. The molecule has 0 saturated carbocycles. The molecule has 0 aliphatic carbocycles. The van der Waals surface area contributed by atoms with E-state index in [2.05, 4.69) is 75.4 Å². The maximum atomic E-state index is 10.3. The van der Waals surface area contributed by atoms with Gasteiger partial charge in [-0.15, -0.1) is 0 Å². The largest absolute Gasteiger partial charge is 0.508 e. The quantitative estimate of drug-likeness (QED) is 0.113. The molecule has 0 spiro atoms. The van der Waals surface area contributed by atoms with Gasteiger partial charge in [-0.2, -0.15) is 0 Å². The minimum absolute atomic E-state index is 0.0126. The van der Waals surface area contributed by atoms with Crippen LogP contribution in [0.15, 0.2) is 66.7 Å². The van der Waals surface area contributed by atoms with Crippen molar-refractivity contribution in [2.75, 3.05) is 0 Å². The summed E-state index contributed by atoms with van der Waals surface area (Å²) in [6.45, 7) is 2.27. The van der Waals surface area contributed by atoms with Crippen molar-refractivity contribution in [1.82, 2.24) is 19.9 Å². The van der Waals surface area contributed by atoms with Crippen molar-refractivity contribution in [1.29, 1.82) is 0 Å². The van der Waals surface area contributed by atoms with Crippen LogP contribution in [0.2, 0.25) is 0 Å². The molecule has 1 aromatic carbocycles. The molecule has 5 heterocycles. The third-order valence-corrected chi connectivity index (χ3v) is 8.37. The fourth-order valence-electron chi connectivity index (χ4n) is 6.19. The van der Waals surface area contributed by atoms with Crippen molar-refractivity contribution < 1.29 is 10.2 Å². The van der Waals surface area contributed by atoms with E-state index in [1.807, 2.05) is 12.1 Å². The second kappa shape index (κ2) is 13.2. The van der Waals surface area contributed by atoms with Crippen LogP contribution in [0.3, 0.4) is 0 Å². The lowest BCUT2D eigenvalue weighted by Crippen LogP contribution is -2.15. The number of hydrogen-bond acceptors (Lipinski definition) is 2. The molecule has 4 aromatic heterocycles.